The molecule has 0 aromatic carbocycles. The van der Waals surface area contributed by atoms with Crippen LogP contribution in [0.5, 0.6) is 0 Å². The molecule has 1 unspecified atom stereocenters. The molecule has 0 saturated carbocycles. The van der Waals surface area contributed by atoms with Crippen LogP contribution in [0.3, 0.4) is 0 Å². The minimum Gasteiger partial charge on any atom is -0.462 e. The van der Waals surface area contributed by atoms with Crippen LogP contribution in [-0.4, -0.2) is 49.3 Å². The number of ether oxygens (including phenoxy) is 2. The minimum atomic E-state index is -4.39. The van der Waals surface area contributed by atoms with Gasteiger partial charge in [0.1, 0.15) is 6.61 Å². The third kappa shape index (κ3) is 41.2. The summed E-state index contributed by atoms with van der Waals surface area (Å²) in [7, 11) is -4.39. The molecule has 2 atom stereocenters. The third-order valence-corrected chi connectivity index (χ3v) is 9.86. The fourth-order valence-electron chi connectivity index (χ4n) is 5.62. The monoisotopic (exact) mass is 794 g/mol. The van der Waals surface area contributed by atoms with Crippen molar-refractivity contribution in [3.05, 3.63) is 60.8 Å². The molecule has 3 N–H and O–H groups in total. The third-order valence-electron chi connectivity index (χ3n) is 8.88. The van der Waals surface area contributed by atoms with Gasteiger partial charge >= 0.3 is 19.8 Å². The number of hydrogen-bond donors (Lipinski definition) is 2. The van der Waals surface area contributed by atoms with Crippen molar-refractivity contribution >= 4 is 19.8 Å². The summed E-state index contributed by atoms with van der Waals surface area (Å²) in [6.07, 6.45) is 48.3. The molecule has 10 heteroatoms. The van der Waals surface area contributed by atoms with Gasteiger partial charge in [-0.3, -0.25) is 18.6 Å². The second-order valence-corrected chi connectivity index (χ2v) is 15.7. The van der Waals surface area contributed by atoms with Gasteiger partial charge in [-0.15, -0.1) is 0 Å². The standard InChI is InChI=1S/C45H80NO8P/c1-3-5-7-9-11-13-15-17-19-21-23-25-27-29-31-33-35-37-44(47)51-41-43(42-53-55(49,50)52-40-39-46)54-45(48)38-36-34-32-30-28-26-24-22-20-18-16-14-12-10-8-6-4-2/h12,14,17-20,24,26,30,32,43H,3-11,13,15-16,21-23,25,27-29,31,33-42,46H2,1-2H3,(H,49,50)/b14-12-,19-17-,20-18-,26-24-,32-30-/t43-/m1/s1. The predicted octanol–water partition coefficient (Wildman–Crippen LogP) is 12.5. The van der Waals surface area contributed by atoms with Crippen LogP contribution in [0, 0.1) is 0 Å². The van der Waals surface area contributed by atoms with Crippen LogP contribution >= 0.6 is 7.82 Å². The zero-order chi connectivity index (χ0) is 40.3. The molecule has 0 aromatic rings. The Labute approximate surface area is 336 Å². The number of unbranched alkanes of at least 4 members (excludes halogenated alkanes) is 17. The highest BCUT2D eigenvalue weighted by Crippen LogP contribution is 2.43. The molecule has 0 aliphatic rings. The number of hydrogen-bond acceptors (Lipinski definition) is 8. The molecule has 0 aromatic heterocycles. The quantitative estimate of drug-likeness (QED) is 0.0269. The first-order chi connectivity index (χ1) is 26.8. The van der Waals surface area contributed by atoms with Crippen LogP contribution in [-0.2, 0) is 32.7 Å². The number of allylic oxidation sites excluding steroid dienone is 10. The lowest BCUT2D eigenvalue weighted by Gasteiger charge is -2.19. The fourth-order valence-corrected chi connectivity index (χ4v) is 6.39. The zero-order valence-corrected chi connectivity index (χ0v) is 35.8. The van der Waals surface area contributed by atoms with Crippen molar-refractivity contribution in [1.29, 1.82) is 0 Å². The van der Waals surface area contributed by atoms with Crippen molar-refractivity contribution in [3.63, 3.8) is 0 Å². The van der Waals surface area contributed by atoms with E-state index in [1.165, 1.54) is 89.9 Å². The van der Waals surface area contributed by atoms with Gasteiger partial charge in [-0.25, -0.2) is 4.57 Å². The number of phosphoric acid groups is 1. The molecular weight excluding hydrogens is 713 g/mol. The van der Waals surface area contributed by atoms with Crippen LogP contribution in [0.4, 0.5) is 0 Å². The summed E-state index contributed by atoms with van der Waals surface area (Å²) in [6.45, 7) is 3.62. The molecule has 0 aliphatic carbocycles. The average molecular weight is 794 g/mol. The molecule has 0 fully saturated rings. The van der Waals surface area contributed by atoms with E-state index in [0.717, 1.165) is 51.4 Å². The van der Waals surface area contributed by atoms with E-state index in [1.54, 1.807) is 0 Å². The number of carbonyl (C=O) groups is 2. The Bertz CT molecular complexity index is 1090. The van der Waals surface area contributed by atoms with Gasteiger partial charge in [0, 0.05) is 19.4 Å². The largest absolute Gasteiger partial charge is 0.472 e. The maximum Gasteiger partial charge on any atom is 0.472 e. The second-order valence-electron chi connectivity index (χ2n) is 14.2. The first-order valence-corrected chi connectivity index (χ1v) is 23.3. The Morgan fingerprint density at radius 1 is 0.545 bits per heavy atom. The van der Waals surface area contributed by atoms with Gasteiger partial charge < -0.3 is 20.1 Å². The van der Waals surface area contributed by atoms with Gasteiger partial charge in [0.05, 0.1) is 13.2 Å². The molecule has 0 bridgehead atoms. The second kappa shape index (κ2) is 41.3. The summed E-state index contributed by atoms with van der Waals surface area (Å²) in [5.74, 6) is -0.902. The smallest absolute Gasteiger partial charge is 0.462 e. The lowest BCUT2D eigenvalue weighted by atomic mass is 10.1. The first kappa shape index (κ1) is 52.7. The van der Waals surface area contributed by atoms with E-state index >= 15 is 0 Å². The Hall–Kier alpha value is -2.29. The van der Waals surface area contributed by atoms with Crippen LogP contribution in [0.25, 0.3) is 0 Å². The van der Waals surface area contributed by atoms with Crippen LogP contribution < -0.4 is 5.73 Å². The molecule has 0 radical (unpaired) electrons. The Morgan fingerprint density at radius 2 is 0.964 bits per heavy atom. The van der Waals surface area contributed by atoms with Crippen molar-refractivity contribution in [3.8, 4) is 0 Å². The molecule has 0 spiro atoms. The molecule has 0 rings (SSSR count). The molecule has 9 nitrogen and oxygen atoms in total. The molecule has 0 heterocycles. The topological polar surface area (TPSA) is 134 Å². The highest BCUT2D eigenvalue weighted by atomic mass is 31.2. The minimum absolute atomic E-state index is 0.0420. The number of nitrogens with two attached hydrogens (primary N) is 1. The summed E-state index contributed by atoms with van der Waals surface area (Å²) < 4.78 is 32.7. The molecule has 0 amide bonds. The number of phosphoric ester groups is 1. The van der Waals surface area contributed by atoms with Gasteiger partial charge in [-0.1, -0.05) is 152 Å². The van der Waals surface area contributed by atoms with Crippen molar-refractivity contribution in [1.82, 2.24) is 0 Å². The van der Waals surface area contributed by atoms with E-state index in [0.29, 0.717) is 12.8 Å². The van der Waals surface area contributed by atoms with Crippen molar-refractivity contribution in [2.75, 3.05) is 26.4 Å². The molecule has 0 aliphatic heterocycles. The average Bonchev–Trinajstić information content (AvgIpc) is 3.17. The number of rotatable bonds is 40. The number of carbonyl (C=O) groups excluding carboxylic acids is 2. The van der Waals surface area contributed by atoms with Crippen LogP contribution in [0.15, 0.2) is 60.8 Å². The maximum atomic E-state index is 12.6. The highest BCUT2D eigenvalue weighted by molar-refractivity contribution is 7.47. The fraction of sp³-hybridized carbons (Fsp3) is 0.733. The zero-order valence-electron chi connectivity index (χ0n) is 34.9. The van der Waals surface area contributed by atoms with E-state index in [-0.39, 0.29) is 32.6 Å². The summed E-state index contributed by atoms with van der Waals surface area (Å²) in [4.78, 5) is 34.8. The Kier molecular flexibility index (Phi) is 39.6. The molecular formula is C45H80NO8P. The molecule has 55 heavy (non-hydrogen) atoms. The highest BCUT2D eigenvalue weighted by Gasteiger charge is 2.25. The maximum absolute atomic E-state index is 12.6. The van der Waals surface area contributed by atoms with E-state index in [1.807, 2.05) is 6.08 Å². The van der Waals surface area contributed by atoms with E-state index in [2.05, 4.69) is 68.5 Å². The summed E-state index contributed by atoms with van der Waals surface area (Å²) >= 11 is 0. The van der Waals surface area contributed by atoms with Gasteiger partial charge in [0.25, 0.3) is 0 Å². The van der Waals surface area contributed by atoms with E-state index < -0.39 is 32.5 Å². The Balaban J connectivity index is 4.26. The van der Waals surface area contributed by atoms with E-state index in [4.69, 9.17) is 24.3 Å². The normalized spacial score (nSPS) is 13.9. The van der Waals surface area contributed by atoms with Gasteiger partial charge in [-0.05, 0) is 77.0 Å². The van der Waals surface area contributed by atoms with Crippen molar-refractivity contribution < 1.29 is 37.6 Å². The first-order valence-electron chi connectivity index (χ1n) is 21.8. The predicted molar refractivity (Wildman–Crippen MR) is 229 cm³/mol. The van der Waals surface area contributed by atoms with Crippen molar-refractivity contribution in [2.45, 2.75) is 187 Å². The number of esters is 2. The summed E-state index contributed by atoms with van der Waals surface area (Å²) in [6, 6.07) is 0. The lowest BCUT2D eigenvalue weighted by Crippen LogP contribution is -2.29. The summed E-state index contributed by atoms with van der Waals surface area (Å²) in [5, 5.41) is 0. The van der Waals surface area contributed by atoms with Gasteiger partial charge in [0.15, 0.2) is 6.10 Å². The van der Waals surface area contributed by atoms with Crippen LogP contribution in [0.1, 0.15) is 181 Å². The van der Waals surface area contributed by atoms with Gasteiger partial charge in [0.2, 0.25) is 0 Å². The van der Waals surface area contributed by atoms with Crippen molar-refractivity contribution in [2.24, 2.45) is 5.73 Å². The molecule has 318 valence electrons. The SMILES string of the molecule is CCCCC/C=C\C/C=C\C/C=C\C/C=C\CCCC(=O)O[C@H](COC(=O)CCCCCCCCC/C=C\CCCCCCCC)COP(=O)(O)OCCN. The molecule has 0 saturated heterocycles. The Morgan fingerprint density at radius 3 is 1.51 bits per heavy atom. The summed E-state index contributed by atoms with van der Waals surface area (Å²) in [5.41, 5.74) is 5.34. The van der Waals surface area contributed by atoms with Gasteiger partial charge in [-0.2, -0.15) is 0 Å². The lowest BCUT2D eigenvalue weighted by molar-refractivity contribution is -0.161. The van der Waals surface area contributed by atoms with Crippen LogP contribution in [0.2, 0.25) is 0 Å². The van der Waals surface area contributed by atoms with E-state index in [9.17, 15) is 19.0 Å².